The molecular weight excluding hydrogens is 256 g/mol. The van der Waals surface area contributed by atoms with Crippen molar-refractivity contribution >= 4 is 17.5 Å². The van der Waals surface area contributed by atoms with E-state index in [4.69, 9.17) is 0 Å². The monoisotopic (exact) mass is 281 g/mol. The highest BCUT2D eigenvalue weighted by atomic mass is 16.2. The van der Waals surface area contributed by atoms with Crippen molar-refractivity contribution < 1.29 is 14.5 Å². The molecule has 20 heavy (non-hydrogen) atoms. The van der Waals surface area contributed by atoms with Crippen molar-refractivity contribution in [1.82, 2.24) is 10.7 Å². The van der Waals surface area contributed by atoms with Gasteiger partial charge in [-0.1, -0.05) is 19.3 Å². The molecule has 3 N–H and O–H groups in total. The minimum Gasteiger partial charge on any atom is -0.345 e. The van der Waals surface area contributed by atoms with Crippen LogP contribution in [0.3, 0.4) is 0 Å². The summed E-state index contributed by atoms with van der Waals surface area (Å²) >= 11 is 0. The zero-order valence-corrected chi connectivity index (χ0v) is 12.2. The van der Waals surface area contributed by atoms with Gasteiger partial charge < -0.3 is 10.2 Å². The van der Waals surface area contributed by atoms with Crippen LogP contribution >= 0.6 is 0 Å². The number of nitrogens with one attached hydrogen (secondary N) is 3. The Morgan fingerprint density at radius 2 is 1.75 bits per heavy atom. The van der Waals surface area contributed by atoms with Crippen LogP contribution in [0.4, 0.5) is 0 Å². The molecule has 0 unspecified atom stereocenters. The van der Waals surface area contributed by atoms with Crippen LogP contribution in [0.15, 0.2) is 5.10 Å². The van der Waals surface area contributed by atoms with Crippen molar-refractivity contribution in [2.24, 2.45) is 5.10 Å². The van der Waals surface area contributed by atoms with E-state index in [1.165, 1.54) is 11.3 Å². The maximum Gasteiger partial charge on any atom is 0.329 e. The second-order valence-corrected chi connectivity index (χ2v) is 5.88. The molecule has 0 spiro atoms. The van der Waals surface area contributed by atoms with Gasteiger partial charge in [-0.3, -0.25) is 9.59 Å². The number of hydrogen-bond acceptors (Lipinski definition) is 3. The Labute approximate surface area is 120 Å². The van der Waals surface area contributed by atoms with Crippen molar-refractivity contribution in [2.45, 2.75) is 51.0 Å². The number of nitrogens with zero attached hydrogens (tertiary/aromatic N) is 1. The van der Waals surface area contributed by atoms with E-state index in [9.17, 15) is 9.59 Å². The van der Waals surface area contributed by atoms with Gasteiger partial charge in [0.15, 0.2) is 0 Å². The van der Waals surface area contributed by atoms with E-state index in [0.29, 0.717) is 0 Å². The lowest BCUT2D eigenvalue weighted by molar-refractivity contribution is -0.880. The normalized spacial score (nSPS) is 24.1. The summed E-state index contributed by atoms with van der Waals surface area (Å²) in [6, 6.07) is 0.154. The van der Waals surface area contributed by atoms with Gasteiger partial charge in [-0.05, 0) is 12.8 Å². The van der Waals surface area contributed by atoms with E-state index < -0.39 is 11.8 Å². The molecule has 6 nitrogen and oxygen atoms in total. The van der Waals surface area contributed by atoms with Crippen LogP contribution in [0.2, 0.25) is 0 Å². The first-order valence-corrected chi connectivity index (χ1v) is 7.62. The first-order valence-electron chi connectivity index (χ1n) is 7.62. The van der Waals surface area contributed by atoms with Crippen molar-refractivity contribution in [3.63, 3.8) is 0 Å². The molecule has 1 saturated carbocycles. The second-order valence-electron chi connectivity index (χ2n) is 5.88. The van der Waals surface area contributed by atoms with Gasteiger partial charge in [0.2, 0.25) is 0 Å². The summed E-state index contributed by atoms with van der Waals surface area (Å²) in [5.74, 6) is -1.20. The molecule has 2 rings (SSSR count). The number of likely N-dealkylation sites (tertiary alicyclic amines) is 1. The molecule has 1 aliphatic heterocycles. The average Bonchev–Trinajstić information content (AvgIpc) is 2.47. The first kappa shape index (κ1) is 15.0. The van der Waals surface area contributed by atoms with Crippen LogP contribution < -0.4 is 15.6 Å². The molecule has 0 aromatic rings. The molecule has 1 aliphatic carbocycles. The highest BCUT2D eigenvalue weighted by molar-refractivity contribution is 6.35. The van der Waals surface area contributed by atoms with Crippen molar-refractivity contribution in [1.29, 1.82) is 0 Å². The molecule has 2 fully saturated rings. The summed E-state index contributed by atoms with van der Waals surface area (Å²) in [6.07, 6.45) is 7.20. The van der Waals surface area contributed by atoms with Crippen molar-refractivity contribution in [3.8, 4) is 0 Å². The average molecular weight is 281 g/mol. The van der Waals surface area contributed by atoms with Crippen molar-refractivity contribution in [3.05, 3.63) is 0 Å². The summed E-state index contributed by atoms with van der Waals surface area (Å²) in [7, 11) is 2.15. The Morgan fingerprint density at radius 1 is 1.10 bits per heavy atom. The van der Waals surface area contributed by atoms with E-state index >= 15 is 0 Å². The van der Waals surface area contributed by atoms with Gasteiger partial charge in [-0.15, -0.1) is 0 Å². The fourth-order valence-corrected chi connectivity index (χ4v) is 2.76. The van der Waals surface area contributed by atoms with E-state index in [0.717, 1.165) is 57.3 Å². The topological polar surface area (TPSA) is 75.0 Å². The zero-order valence-electron chi connectivity index (χ0n) is 12.2. The number of carbonyl (C=O) groups is 2. The van der Waals surface area contributed by atoms with Gasteiger partial charge in [0.1, 0.15) is 0 Å². The maximum absolute atomic E-state index is 11.7. The Morgan fingerprint density at radius 3 is 2.40 bits per heavy atom. The highest BCUT2D eigenvalue weighted by Gasteiger charge is 2.21. The quantitative estimate of drug-likeness (QED) is 0.459. The number of carbonyl (C=O) groups excluding carboxylic acids is 2. The van der Waals surface area contributed by atoms with Gasteiger partial charge in [0.25, 0.3) is 0 Å². The molecule has 0 atom stereocenters. The summed E-state index contributed by atoms with van der Waals surface area (Å²) in [6.45, 7) is 2.06. The maximum atomic E-state index is 11.7. The summed E-state index contributed by atoms with van der Waals surface area (Å²) in [4.78, 5) is 24.9. The SMILES string of the molecule is C[NH+]1CCC(=NNC(=O)C(=O)NC2CCCCC2)CC1. The predicted octanol–water partition coefficient (Wildman–Crippen LogP) is -0.784. The third-order valence-corrected chi connectivity index (χ3v) is 4.14. The number of quaternary nitrogens is 1. The number of amides is 2. The minimum atomic E-state index is -0.644. The van der Waals surface area contributed by atoms with Crippen LogP contribution in [0.25, 0.3) is 0 Å². The van der Waals surface area contributed by atoms with E-state index in [1.807, 2.05) is 0 Å². The van der Waals surface area contributed by atoms with Crippen LogP contribution in [0, 0.1) is 0 Å². The van der Waals surface area contributed by atoms with Gasteiger partial charge >= 0.3 is 11.8 Å². The van der Waals surface area contributed by atoms with Crippen LogP contribution in [0.5, 0.6) is 0 Å². The van der Waals surface area contributed by atoms with Crippen LogP contribution in [-0.4, -0.2) is 43.7 Å². The molecule has 112 valence electrons. The predicted molar refractivity (Wildman–Crippen MR) is 76.4 cm³/mol. The van der Waals surface area contributed by atoms with Gasteiger partial charge in [0.05, 0.1) is 20.1 Å². The molecular formula is C14H25N4O2+. The van der Waals surface area contributed by atoms with E-state index in [2.05, 4.69) is 22.9 Å². The largest absolute Gasteiger partial charge is 0.345 e. The molecule has 1 heterocycles. The van der Waals surface area contributed by atoms with E-state index in [1.54, 1.807) is 0 Å². The number of piperidine rings is 1. The molecule has 6 heteroatoms. The fraction of sp³-hybridized carbons (Fsp3) is 0.786. The Hall–Kier alpha value is -1.43. The third-order valence-electron chi connectivity index (χ3n) is 4.14. The third kappa shape index (κ3) is 4.59. The summed E-state index contributed by atoms with van der Waals surface area (Å²) in [5.41, 5.74) is 3.37. The van der Waals surface area contributed by atoms with Gasteiger partial charge in [0, 0.05) is 24.6 Å². The smallest absolute Gasteiger partial charge is 0.329 e. The molecule has 0 radical (unpaired) electrons. The Bertz CT molecular complexity index is 379. The van der Waals surface area contributed by atoms with Crippen LogP contribution in [0.1, 0.15) is 44.9 Å². The molecule has 0 bridgehead atoms. The van der Waals surface area contributed by atoms with Crippen molar-refractivity contribution in [2.75, 3.05) is 20.1 Å². The number of hydrogen-bond donors (Lipinski definition) is 3. The van der Waals surface area contributed by atoms with Gasteiger partial charge in [-0.2, -0.15) is 5.10 Å². The fourth-order valence-electron chi connectivity index (χ4n) is 2.76. The Balaban J connectivity index is 1.73. The molecule has 2 aliphatic rings. The summed E-state index contributed by atoms with van der Waals surface area (Å²) in [5, 5.41) is 6.86. The molecule has 2 amide bonds. The first-order chi connectivity index (χ1) is 9.65. The Kier molecular flexibility index (Phi) is 5.52. The van der Waals surface area contributed by atoms with E-state index in [-0.39, 0.29) is 6.04 Å². The standard InChI is InChI=1S/C14H24N4O2/c1-18-9-7-12(8-10-18)16-17-14(20)13(19)15-11-5-3-2-4-6-11/h11H,2-10H2,1H3,(H,15,19)(H,17,20)/p+1. The van der Waals surface area contributed by atoms with Crippen LogP contribution in [-0.2, 0) is 9.59 Å². The number of rotatable bonds is 2. The lowest BCUT2D eigenvalue weighted by Gasteiger charge is -2.22. The summed E-state index contributed by atoms with van der Waals surface area (Å²) < 4.78 is 0. The minimum absolute atomic E-state index is 0.154. The lowest BCUT2D eigenvalue weighted by Crippen LogP contribution is -3.10. The molecule has 1 saturated heterocycles. The highest BCUT2D eigenvalue weighted by Crippen LogP contribution is 2.17. The number of hydrazone groups is 1. The molecule has 0 aromatic carbocycles. The lowest BCUT2D eigenvalue weighted by atomic mass is 9.95. The molecule has 0 aromatic heterocycles. The second kappa shape index (κ2) is 7.38. The zero-order chi connectivity index (χ0) is 14.4. The van der Waals surface area contributed by atoms with Gasteiger partial charge in [-0.25, -0.2) is 5.43 Å².